The Labute approximate surface area is 191 Å². The number of amides is 1. The Morgan fingerprint density at radius 2 is 1.60 bits per heavy atom. The molecule has 1 atom stereocenters. The van der Waals surface area contributed by atoms with E-state index in [1.54, 1.807) is 41.3 Å². The first-order valence-electron chi connectivity index (χ1n) is 9.46. The van der Waals surface area contributed by atoms with Gasteiger partial charge in [-0.15, -0.1) is 0 Å². The number of benzene rings is 3. The molecule has 1 aliphatic rings. The first-order chi connectivity index (χ1) is 14.3. The highest BCUT2D eigenvalue weighted by atomic mass is 79.9. The van der Waals surface area contributed by atoms with Crippen LogP contribution in [0, 0.1) is 6.92 Å². The van der Waals surface area contributed by atoms with Gasteiger partial charge in [-0.25, -0.2) is 0 Å². The predicted octanol–water partition coefficient (Wildman–Crippen LogP) is 5.53. The van der Waals surface area contributed by atoms with Crippen molar-refractivity contribution in [2.24, 2.45) is 0 Å². The van der Waals surface area contributed by atoms with Gasteiger partial charge in [0.1, 0.15) is 0 Å². The van der Waals surface area contributed by atoms with Crippen molar-refractivity contribution < 1.29 is 14.7 Å². The third kappa shape index (κ3) is 3.87. The van der Waals surface area contributed by atoms with Crippen molar-refractivity contribution in [1.82, 2.24) is 0 Å². The smallest absolute Gasteiger partial charge is 0.264 e. The van der Waals surface area contributed by atoms with Gasteiger partial charge in [-0.3, -0.25) is 9.59 Å². The van der Waals surface area contributed by atoms with Gasteiger partial charge >= 0.3 is 0 Å². The van der Waals surface area contributed by atoms with Gasteiger partial charge in [0.25, 0.3) is 5.91 Å². The molecule has 0 spiro atoms. The van der Waals surface area contributed by atoms with Crippen LogP contribution in [0.15, 0.2) is 75.7 Å². The Morgan fingerprint density at radius 1 is 0.967 bits per heavy atom. The molecule has 4 rings (SSSR count). The summed E-state index contributed by atoms with van der Waals surface area (Å²) in [5.41, 5.74) is 1.69. The van der Waals surface area contributed by atoms with E-state index in [2.05, 4.69) is 31.9 Å². The maximum Gasteiger partial charge on any atom is 0.264 e. The Kier molecular flexibility index (Phi) is 5.66. The lowest BCUT2D eigenvalue weighted by atomic mass is 9.88. The molecule has 0 aromatic heterocycles. The summed E-state index contributed by atoms with van der Waals surface area (Å²) in [7, 11) is 0. The number of fused-ring (bicyclic) bond motifs is 1. The number of nitrogens with zero attached hydrogens (tertiary/aromatic N) is 1. The summed E-state index contributed by atoms with van der Waals surface area (Å²) in [6, 6.07) is 20.1. The second-order valence-electron chi connectivity index (χ2n) is 7.51. The molecule has 1 amide bonds. The molecular weight excluding hydrogens is 510 g/mol. The highest BCUT2D eigenvalue weighted by Crippen LogP contribution is 2.44. The van der Waals surface area contributed by atoms with Gasteiger partial charge in [-0.2, -0.15) is 0 Å². The molecule has 1 heterocycles. The molecule has 30 heavy (non-hydrogen) atoms. The molecule has 0 saturated carbocycles. The topological polar surface area (TPSA) is 57.6 Å². The lowest BCUT2D eigenvalue weighted by Crippen LogP contribution is -2.41. The minimum absolute atomic E-state index is 0.290. The zero-order chi connectivity index (χ0) is 21.5. The fraction of sp³-hybridized carbons (Fsp3) is 0.167. The number of carbonyl (C=O) groups excluding carboxylic acids is 2. The van der Waals surface area contributed by atoms with Gasteiger partial charge in [0.15, 0.2) is 11.4 Å². The molecule has 1 unspecified atom stereocenters. The van der Waals surface area contributed by atoms with Gasteiger partial charge in [0, 0.05) is 20.1 Å². The van der Waals surface area contributed by atoms with Gasteiger partial charge in [0.05, 0.1) is 18.7 Å². The lowest BCUT2D eigenvalue weighted by Gasteiger charge is -2.23. The highest BCUT2D eigenvalue weighted by Gasteiger charge is 2.51. The maximum atomic E-state index is 13.4. The molecule has 0 fully saturated rings. The monoisotopic (exact) mass is 527 g/mol. The number of ketones is 1. The van der Waals surface area contributed by atoms with Crippen LogP contribution in [-0.4, -0.2) is 16.8 Å². The molecule has 0 aliphatic carbocycles. The molecule has 1 aliphatic heterocycles. The minimum atomic E-state index is -1.91. The van der Waals surface area contributed by atoms with E-state index < -0.39 is 11.5 Å². The summed E-state index contributed by atoms with van der Waals surface area (Å²) in [6.45, 7) is 2.33. The summed E-state index contributed by atoms with van der Waals surface area (Å²) < 4.78 is 1.59. The van der Waals surface area contributed by atoms with E-state index in [4.69, 9.17) is 0 Å². The number of carbonyl (C=O) groups is 2. The van der Waals surface area contributed by atoms with Crippen LogP contribution < -0.4 is 4.90 Å². The van der Waals surface area contributed by atoms with Crippen LogP contribution in [0.1, 0.15) is 33.5 Å². The molecule has 0 bridgehead atoms. The number of hydrogen-bond acceptors (Lipinski definition) is 3. The van der Waals surface area contributed by atoms with Crippen molar-refractivity contribution in [3.05, 3.63) is 97.9 Å². The van der Waals surface area contributed by atoms with E-state index in [9.17, 15) is 14.7 Å². The summed E-state index contributed by atoms with van der Waals surface area (Å²) in [6.07, 6.45) is -0.318. The van der Waals surface area contributed by atoms with Crippen LogP contribution in [0.4, 0.5) is 5.69 Å². The minimum Gasteiger partial charge on any atom is -0.375 e. The van der Waals surface area contributed by atoms with Crippen LogP contribution in [0.5, 0.6) is 0 Å². The third-order valence-electron chi connectivity index (χ3n) is 5.34. The van der Waals surface area contributed by atoms with Gasteiger partial charge in [-0.1, -0.05) is 73.8 Å². The second-order valence-corrected chi connectivity index (χ2v) is 9.34. The zero-order valence-electron chi connectivity index (χ0n) is 16.2. The van der Waals surface area contributed by atoms with Crippen LogP contribution in [0.2, 0.25) is 0 Å². The van der Waals surface area contributed by atoms with Crippen molar-refractivity contribution in [3.63, 3.8) is 0 Å². The molecule has 152 valence electrons. The average molecular weight is 529 g/mol. The van der Waals surface area contributed by atoms with Crippen LogP contribution in [-0.2, 0) is 16.9 Å². The van der Waals surface area contributed by atoms with Gasteiger partial charge < -0.3 is 10.0 Å². The first-order valence-corrected chi connectivity index (χ1v) is 11.1. The van der Waals surface area contributed by atoms with Crippen molar-refractivity contribution >= 4 is 49.2 Å². The summed E-state index contributed by atoms with van der Waals surface area (Å²) in [4.78, 5) is 27.8. The Hall–Kier alpha value is -2.28. The van der Waals surface area contributed by atoms with E-state index in [0.717, 1.165) is 20.1 Å². The molecule has 6 heteroatoms. The summed E-state index contributed by atoms with van der Waals surface area (Å²) in [5, 5.41) is 11.5. The molecule has 4 nitrogen and oxygen atoms in total. The summed E-state index contributed by atoms with van der Waals surface area (Å²) >= 11 is 6.77. The Bertz CT molecular complexity index is 1130. The largest absolute Gasteiger partial charge is 0.375 e. The average Bonchev–Trinajstić information content (AvgIpc) is 2.91. The zero-order valence-corrected chi connectivity index (χ0v) is 19.4. The van der Waals surface area contributed by atoms with Crippen molar-refractivity contribution in [2.45, 2.75) is 25.5 Å². The summed E-state index contributed by atoms with van der Waals surface area (Å²) in [5.74, 6) is -0.775. The third-order valence-corrected chi connectivity index (χ3v) is 6.36. The lowest BCUT2D eigenvalue weighted by molar-refractivity contribution is -0.136. The molecule has 0 saturated heterocycles. The quantitative estimate of drug-likeness (QED) is 0.443. The Morgan fingerprint density at radius 3 is 2.27 bits per heavy atom. The normalized spacial score (nSPS) is 17.9. The predicted molar refractivity (Wildman–Crippen MR) is 123 cm³/mol. The van der Waals surface area contributed by atoms with Crippen LogP contribution in [0.3, 0.4) is 0 Å². The second kappa shape index (κ2) is 8.10. The van der Waals surface area contributed by atoms with Gasteiger partial charge in [-0.05, 0) is 42.8 Å². The van der Waals surface area contributed by atoms with E-state index in [1.807, 2.05) is 37.3 Å². The fourth-order valence-corrected chi connectivity index (χ4v) is 4.32. The number of hydrogen-bond donors (Lipinski definition) is 1. The van der Waals surface area contributed by atoms with E-state index in [1.165, 1.54) is 0 Å². The highest BCUT2D eigenvalue weighted by molar-refractivity contribution is 9.10. The Balaban J connectivity index is 1.70. The molecular formula is C24H19Br2NO3. The maximum absolute atomic E-state index is 13.4. The van der Waals surface area contributed by atoms with Crippen LogP contribution >= 0.6 is 31.9 Å². The fourth-order valence-electron chi connectivity index (χ4n) is 3.70. The molecule has 1 N–H and O–H groups in total. The van der Waals surface area contributed by atoms with E-state index in [-0.39, 0.29) is 12.2 Å². The number of rotatable bonds is 5. The number of aliphatic hydroxyl groups is 1. The van der Waals surface area contributed by atoms with Crippen molar-refractivity contribution in [1.29, 1.82) is 0 Å². The van der Waals surface area contributed by atoms with Crippen LogP contribution in [0.25, 0.3) is 0 Å². The first kappa shape index (κ1) is 21.0. The number of Topliss-reactive ketones (excluding diaryl/α,β-unsaturated/α-hetero) is 1. The van der Waals surface area contributed by atoms with Gasteiger partial charge in [0.2, 0.25) is 0 Å². The SMILES string of the molecule is Cc1ccc(CN2C(=O)C(O)(CC(=O)c3ccc(Br)cc3)c3cc(Br)ccc32)cc1. The molecule has 3 aromatic carbocycles. The molecule has 0 radical (unpaired) electrons. The van der Waals surface area contributed by atoms with Crippen molar-refractivity contribution in [3.8, 4) is 0 Å². The standard InChI is InChI=1S/C24H19Br2NO3/c1-15-2-4-16(5-3-15)14-27-21-11-10-19(26)12-20(21)24(30,23(27)29)13-22(28)17-6-8-18(25)9-7-17/h2-12,30H,13-14H2,1H3. The van der Waals surface area contributed by atoms with Crippen molar-refractivity contribution in [2.75, 3.05) is 4.90 Å². The van der Waals surface area contributed by atoms with E-state index in [0.29, 0.717) is 23.4 Å². The number of anilines is 1. The van der Waals surface area contributed by atoms with E-state index >= 15 is 0 Å². The molecule has 3 aromatic rings. The number of aryl methyl sites for hydroxylation is 1. The number of halogens is 2.